The first-order valence-electron chi connectivity index (χ1n) is 6.65. The highest BCUT2D eigenvalue weighted by Crippen LogP contribution is 2.39. The Hall–Kier alpha value is -1.02. The number of hydrogen-bond acceptors (Lipinski definition) is 0. The molecule has 0 fully saturated rings. The molecular weight excluding hydrogens is 367 g/mol. The summed E-state index contributed by atoms with van der Waals surface area (Å²) in [5.41, 5.74) is 3.62. The molecule has 0 amide bonds. The smallest absolute Gasteiger partial charge is 0.0653 e. The minimum atomic E-state index is 0.0818. The van der Waals surface area contributed by atoms with Crippen LogP contribution in [0, 0.1) is 6.92 Å². The molecule has 0 radical (unpaired) electrons. The van der Waals surface area contributed by atoms with Crippen LogP contribution in [0.1, 0.15) is 21.5 Å². The number of rotatable bonds is 2. The summed E-state index contributed by atoms with van der Waals surface area (Å²) in [6, 6.07) is 18.5. The Bertz CT molecular complexity index is 811. The average molecular weight is 380 g/mol. The summed E-state index contributed by atoms with van der Waals surface area (Å²) >= 11 is 16.0. The summed E-state index contributed by atoms with van der Waals surface area (Å²) in [4.78, 5) is 0.0818. The molecule has 0 N–H and O–H groups in total. The summed E-state index contributed by atoms with van der Waals surface area (Å²) in [6.45, 7) is 2.13. The summed E-state index contributed by atoms with van der Waals surface area (Å²) < 4.78 is 0. The minimum absolute atomic E-state index is 0.0818. The van der Waals surface area contributed by atoms with E-state index in [0.29, 0.717) is 10.0 Å². The van der Waals surface area contributed by atoms with Gasteiger partial charge in [0, 0.05) is 0 Å². The highest BCUT2D eigenvalue weighted by molar-refractivity contribution is 9.09. The quantitative estimate of drug-likeness (QED) is 0.423. The maximum absolute atomic E-state index is 6.15. The molecule has 3 heteroatoms. The van der Waals surface area contributed by atoms with Gasteiger partial charge in [0.2, 0.25) is 0 Å². The van der Waals surface area contributed by atoms with E-state index >= 15 is 0 Å². The molecule has 0 heterocycles. The Morgan fingerprint density at radius 2 is 1.67 bits per heavy atom. The van der Waals surface area contributed by atoms with Crippen molar-refractivity contribution >= 4 is 49.9 Å². The van der Waals surface area contributed by atoms with Gasteiger partial charge in [0.05, 0.1) is 14.9 Å². The fraction of sp³-hybridized carbons (Fsp3) is 0.111. The van der Waals surface area contributed by atoms with Crippen LogP contribution in [0.15, 0.2) is 54.6 Å². The van der Waals surface area contributed by atoms with Gasteiger partial charge >= 0.3 is 0 Å². The second-order valence-corrected chi connectivity index (χ2v) is 6.78. The summed E-state index contributed by atoms with van der Waals surface area (Å²) in [7, 11) is 0. The number of fused-ring (bicyclic) bond motifs is 1. The Morgan fingerprint density at radius 1 is 0.905 bits per heavy atom. The zero-order chi connectivity index (χ0) is 15.0. The lowest BCUT2D eigenvalue weighted by Crippen LogP contribution is -1.97. The number of benzene rings is 3. The first-order chi connectivity index (χ1) is 10.1. The minimum Gasteiger partial charge on any atom is -0.0827 e. The van der Waals surface area contributed by atoms with E-state index in [1.165, 1.54) is 21.9 Å². The van der Waals surface area contributed by atoms with Gasteiger partial charge in [0.15, 0.2) is 0 Å². The van der Waals surface area contributed by atoms with Gasteiger partial charge in [-0.25, -0.2) is 0 Å². The Balaban J connectivity index is 2.19. The molecule has 0 nitrogen and oxygen atoms in total. The van der Waals surface area contributed by atoms with Gasteiger partial charge < -0.3 is 0 Å². The van der Waals surface area contributed by atoms with E-state index in [1.54, 1.807) is 0 Å². The van der Waals surface area contributed by atoms with Crippen LogP contribution in [0.5, 0.6) is 0 Å². The first-order valence-corrected chi connectivity index (χ1v) is 8.32. The van der Waals surface area contributed by atoms with Crippen molar-refractivity contribution in [2.75, 3.05) is 0 Å². The van der Waals surface area contributed by atoms with Gasteiger partial charge in [-0.1, -0.05) is 81.6 Å². The normalized spacial score (nSPS) is 12.6. The van der Waals surface area contributed by atoms with Crippen molar-refractivity contribution < 1.29 is 0 Å². The molecule has 0 aromatic heterocycles. The first kappa shape index (κ1) is 14.9. The molecule has 21 heavy (non-hydrogen) atoms. The van der Waals surface area contributed by atoms with E-state index in [0.717, 1.165) is 5.56 Å². The molecule has 0 saturated heterocycles. The Labute approximate surface area is 142 Å². The molecule has 3 aromatic rings. The van der Waals surface area contributed by atoms with E-state index < -0.39 is 0 Å². The van der Waals surface area contributed by atoms with Crippen LogP contribution in [-0.4, -0.2) is 0 Å². The lowest BCUT2D eigenvalue weighted by atomic mass is 9.94. The highest BCUT2D eigenvalue weighted by atomic mass is 79.9. The van der Waals surface area contributed by atoms with Crippen LogP contribution in [0.4, 0.5) is 0 Å². The van der Waals surface area contributed by atoms with Crippen molar-refractivity contribution in [1.29, 1.82) is 0 Å². The van der Waals surface area contributed by atoms with Gasteiger partial charge in [-0.15, -0.1) is 0 Å². The van der Waals surface area contributed by atoms with Crippen LogP contribution in [0.2, 0.25) is 10.0 Å². The number of hydrogen-bond donors (Lipinski definition) is 0. The van der Waals surface area contributed by atoms with E-state index in [9.17, 15) is 0 Å². The zero-order valence-electron chi connectivity index (χ0n) is 11.4. The van der Waals surface area contributed by atoms with Gasteiger partial charge in [0.25, 0.3) is 0 Å². The zero-order valence-corrected chi connectivity index (χ0v) is 14.5. The molecule has 3 aromatic carbocycles. The lowest BCUT2D eigenvalue weighted by Gasteiger charge is -2.17. The summed E-state index contributed by atoms with van der Waals surface area (Å²) in [5.74, 6) is 0. The van der Waals surface area contributed by atoms with Gasteiger partial charge in [0.1, 0.15) is 0 Å². The third-order valence-electron chi connectivity index (χ3n) is 3.68. The average Bonchev–Trinajstić information content (AvgIpc) is 2.49. The second kappa shape index (κ2) is 6.00. The molecule has 0 aliphatic rings. The molecule has 0 saturated carbocycles. The van der Waals surface area contributed by atoms with Crippen LogP contribution in [0.25, 0.3) is 10.8 Å². The third-order valence-corrected chi connectivity index (χ3v) is 5.40. The van der Waals surface area contributed by atoms with Crippen LogP contribution >= 0.6 is 39.1 Å². The van der Waals surface area contributed by atoms with Crippen molar-refractivity contribution in [2.45, 2.75) is 11.8 Å². The van der Waals surface area contributed by atoms with E-state index in [-0.39, 0.29) is 4.83 Å². The molecule has 3 rings (SSSR count). The van der Waals surface area contributed by atoms with Crippen molar-refractivity contribution in [2.24, 2.45) is 0 Å². The standard InChI is InChI=1S/C18H13BrCl2/c1-11-6-7-12-4-2-3-5-14(12)17(11)18(19)13-8-9-15(20)16(21)10-13/h2-10,18H,1H3. The predicted octanol–water partition coefficient (Wildman–Crippen LogP) is 6.94. The highest BCUT2D eigenvalue weighted by Gasteiger charge is 2.16. The number of halogens is 3. The molecular formula is C18H13BrCl2. The monoisotopic (exact) mass is 378 g/mol. The predicted molar refractivity (Wildman–Crippen MR) is 95.9 cm³/mol. The third kappa shape index (κ3) is 2.83. The SMILES string of the molecule is Cc1ccc2ccccc2c1C(Br)c1ccc(Cl)c(Cl)c1. The van der Waals surface area contributed by atoms with E-state index in [4.69, 9.17) is 23.2 Å². The molecule has 1 unspecified atom stereocenters. The van der Waals surface area contributed by atoms with Gasteiger partial charge in [-0.05, 0) is 46.5 Å². The van der Waals surface area contributed by atoms with Crippen LogP contribution in [-0.2, 0) is 0 Å². The maximum Gasteiger partial charge on any atom is 0.0653 e. The van der Waals surface area contributed by atoms with Crippen molar-refractivity contribution in [3.05, 3.63) is 81.3 Å². The van der Waals surface area contributed by atoms with E-state index in [2.05, 4.69) is 59.3 Å². The fourth-order valence-electron chi connectivity index (χ4n) is 2.58. The Kier molecular flexibility index (Phi) is 4.26. The largest absolute Gasteiger partial charge is 0.0827 e. The molecule has 0 bridgehead atoms. The Morgan fingerprint density at radius 3 is 2.43 bits per heavy atom. The molecule has 0 aliphatic heterocycles. The molecule has 106 valence electrons. The summed E-state index contributed by atoms with van der Waals surface area (Å²) in [5, 5.41) is 3.65. The van der Waals surface area contributed by atoms with Crippen molar-refractivity contribution in [3.63, 3.8) is 0 Å². The number of alkyl halides is 1. The van der Waals surface area contributed by atoms with Crippen molar-refractivity contribution in [1.82, 2.24) is 0 Å². The van der Waals surface area contributed by atoms with Crippen LogP contribution < -0.4 is 0 Å². The van der Waals surface area contributed by atoms with E-state index in [1.807, 2.05) is 18.2 Å². The summed E-state index contributed by atoms with van der Waals surface area (Å²) in [6.07, 6.45) is 0. The van der Waals surface area contributed by atoms with Gasteiger partial charge in [-0.2, -0.15) is 0 Å². The molecule has 1 atom stereocenters. The molecule has 0 aliphatic carbocycles. The van der Waals surface area contributed by atoms with Crippen molar-refractivity contribution in [3.8, 4) is 0 Å². The van der Waals surface area contributed by atoms with Crippen LogP contribution in [0.3, 0.4) is 0 Å². The topological polar surface area (TPSA) is 0 Å². The maximum atomic E-state index is 6.15. The fourth-order valence-corrected chi connectivity index (χ4v) is 3.78. The lowest BCUT2D eigenvalue weighted by molar-refractivity contribution is 1.16. The second-order valence-electron chi connectivity index (χ2n) is 5.05. The van der Waals surface area contributed by atoms with Gasteiger partial charge in [-0.3, -0.25) is 0 Å². The molecule has 0 spiro atoms. The number of aryl methyl sites for hydroxylation is 1.